The first-order valence-corrected chi connectivity index (χ1v) is 12.5. The van der Waals surface area contributed by atoms with E-state index in [0.717, 1.165) is 0 Å². The van der Waals surface area contributed by atoms with E-state index in [1.165, 1.54) is 8.92 Å². The monoisotopic (exact) mass is 534 g/mol. The summed E-state index contributed by atoms with van der Waals surface area (Å²) in [4.78, 5) is 13.3. The van der Waals surface area contributed by atoms with Crippen molar-refractivity contribution in [2.24, 2.45) is 0 Å². The number of carbonyl (C=O) groups excluding carboxylic acids is 1. The third-order valence-electron chi connectivity index (χ3n) is 3.44. The Morgan fingerprint density at radius 3 is 1.58 bits per heavy atom. The second-order valence-corrected chi connectivity index (χ2v) is 13.0. The van der Waals surface area contributed by atoms with Gasteiger partial charge in [0.2, 0.25) is 0 Å². The molecular formula is C20H13Cl3OSe2. The van der Waals surface area contributed by atoms with Gasteiger partial charge < -0.3 is 0 Å². The van der Waals surface area contributed by atoms with Crippen molar-refractivity contribution in [2.45, 2.75) is 3.71 Å². The molecule has 3 aromatic carbocycles. The van der Waals surface area contributed by atoms with Gasteiger partial charge in [-0.05, 0) is 0 Å². The molecule has 0 saturated carbocycles. The molecule has 0 unspecified atom stereocenters. The van der Waals surface area contributed by atoms with Gasteiger partial charge in [-0.1, -0.05) is 0 Å². The molecule has 0 aliphatic heterocycles. The Morgan fingerprint density at radius 2 is 1.15 bits per heavy atom. The van der Waals surface area contributed by atoms with E-state index in [2.05, 4.69) is 24.3 Å². The predicted octanol–water partition coefficient (Wildman–Crippen LogP) is 4.63. The zero-order valence-electron chi connectivity index (χ0n) is 13.4. The van der Waals surface area contributed by atoms with Crippen LogP contribution in [0.1, 0.15) is 10.4 Å². The van der Waals surface area contributed by atoms with Crippen molar-refractivity contribution in [1.82, 2.24) is 0 Å². The summed E-state index contributed by atoms with van der Waals surface area (Å²) in [5, 5.41) is 1.05. The minimum atomic E-state index is -0.143. The van der Waals surface area contributed by atoms with Crippen LogP contribution in [0.2, 0.25) is 18.8 Å². The van der Waals surface area contributed by atoms with Crippen molar-refractivity contribution >= 4 is 79.4 Å². The fraction of sp³-hybridized carbons (Fsp3) is 0.0500. The van der Waals surface area contributed by atoms with E-state index >= 15 is 0 Å². The molecule has 6 heteroatoms. The number of rotatable bonds is 6. The van der Waals surface area contributed by atoms with Crippen molar-refractivity contribution in [3.63, 3.8) is 0 Å². The molecule has 0 spiro atoms. The molecule has 0 aromatic heterocycles. The zero-order valence-corrected chi connectivity index (χ0v) is 19.1. The average molecular weight is 534 g/mol. The zero-order chi connectivity index (χ0) is 18.5. The van der Waals surface area contributed by atoms with Crippen LogP contribution in [0.5, 0.6) is 0 Å². The first-order valence-electron chi connectivity index (χ1n) is 7.67. The number of halogens is 3. The van der Waals surface area contributed by atoms with Gasteiger partial charge in [-0.3, -0.25) is 0 Å². The second-order valence-electron chi connectivity index (χ2n) is 5.30. The minimum absolute atomic E-state index is 0.00984. The quantitative estimate of drug-likeness (QED) is 0.334. The average Bonchev–Trinajstić information content (AvgIpc) is 2.62. The Labute approximate surface area is 180 Å². The van der Waals surface area contributed by atoms with Gasteiger partial charge in [-0.2, -0.15) is 0 Å². The number of Topliss-reactive ketones (excluding diaryl/α,β-unsaturated/α-hetero) is 1. The van der Waals surface area contributed by atoms with E-state index in [-0.39, 0.29) is 39.4 Å². The Morgan fingerprint density at radius 1 is 0.731 bits per heavy atom. The van der Waals surface area contributed by atoms with Crippen LogP contribution < -0.4 is 8.92 Å². The summed E-state index contributed by atoms with van der Waals surface area (Å²) in [6.07, 6.45) is 0. The van der Waals surface area contributed by atoms with Crippen LogP contribution in [0.15, 0.2) is 72.8 Å². The van der Waals surface area contributed by atoms with E-state index in [1.54, 1.807) is 12.1 Å². The van der Waals surface area contributed by atoms with Crippen LogP contribution >= 0.6 is 34.8 Å². The molecule has 0 atom stereocenters. The molecule has 0 amide bonds. The molecular weight excluding hydrogens is 520 g/mol. The summed E-state index contributed by atoms with van der Waals surface area (Å²) in [6, 6.07) is 23.3. The Hall–Kier alpha value is -0.761. The van der Waals surface area contributed by atoms with Crippen molar-refractivity contribution in [2.75, 3.05) is 0 Å². The van der Waals surface area contributed by atoms with Crippen molar-refractivity contribution in [3.05, 3.63) is 93.4 Å². The molecule has 0 N–H and O–H groups in total. The molecule has 0 aliphatic rings. The van der Waals surface area contributed by atoms with Gasteiger partial charge in [0.05, 0.1) is 0 Å². The van der Waals surface area contributed by atoms with Gasteiger partial charge >= 0.3 is 181 Å². The van der Waals surface area contributed by atoms with Gasteiger partial charge in [0.15, 0.2) is 0 Å². The van der Waals surface area contributed by atoms with E-state index in [4.69, 9.17) is 34.8 Å². The van der Waals surface area contributed by atoms with Gasteiger partial charge in [-0.15, -0.1) is 0 Å². The van der Waals surface area contributed by atoms with Gasteiger partial charge in [-0.25, -0.2) is 0 Å². The molecule has 0 bridgehead atoms. The summed E-state index contributed by atoms with van der Waals surface area (Å²) in [7, 11) is 0. The van der Waals surface area contributed by atoms with Crippen molar-refractivity contribution in [1.29, 1.82) is 0 Å². The molecule has 0 fully saturated rings. The summed E-state index contributed by atoms with van der Waals surface area (Å²) in [5.41, 5.74) is 0.373. The third-order valence-corrected chi connectivity index (χ3v) is 10.4. The Kier molecular flexibility index (Phi) is 7.26. The third kappa shape index (κ3) is 5.15. The topological polar surface area (TPSA) is 17.1 Å². The van der Waals surface area contributed by atoms with Crippen molar-refractivity contribution < 1.29 is 4.79 Å². The Balaban J connectivity index is 1.95. The van der Waals surface area contributed by atoms with E-state index in [1.807, 2.05) is 36.4 Å². The normalized spacial score (nSPS) is 10.9. The first kappa shape index (κ1) is 20.0. The first-order chi connectivity index (χ1) is 12.5. The molecule has 3 rings (SSSR count). The molecule has 132 valence electrons. The number of carbonyl (C=O) groups is 1. The molecule has 0 saturated heterocycles. The summed E-state index contributed by atoms with van der Waals surface area (Å²) in [6.45, 7) is 0. The number of hydrogen-bond acceptors (Lipinski definition) is 1. The second kappa shape index (κ2) is 9.44. The van der Waals surface area contributed by atoms with Crippen LogP contribution in [0.3, 0.4) is 0 Å². The van der Waals surface area contributed by atoms with Crippen LogP contribution in [0.4, 0.5) is 0 Å². The summed E-state index contributed by atoms with van der Waals surface area (Å²) >= 11 is 18.5. The fourth-order valence-electron chi connectivity index (χ4n) is 2.27. The molecule has 0 aliphatic carbocycles. The summed E-state index contributed by atoms with van der Waals surface area (Å²) < 4.78 is 2.21. The maximum atomic E-state index is 13.3. The van der Waals surface area contributed by atoms with E-state index < -0.39 is 0 Å². The predicted molar refractivity (Wildman–Crippen MR) is 113 cm³/mol. The van der Waals surface area contributed by atoms with Crippen LogP contribution in [-0.2, 0) is 0 Å². The van der Waals surface area contributed by atoms with Crippen LogP contribution in [0.25, 0.3) is 0 Å². The van der Waals surface area contributed by atoms with Gasteiger partial charge in [0, 0.05) is 0 Å². The molecule has 0 heterocycles. The van der Waals surface area contributed by atoms with E-state index in [9.17, 15) is 4.79 Å². The standard InChI is InChI=1S/C20H13Cl3OSe2/c21-13-11-16(22)18(17(23)12-13)19(24)20(25-14-7-3-1-4-8-14)26-15-9-5-2-6-10-15/h1-12,20H. The fourth-order valence-corrected chi connectivity index (χ4v) is 9.62. The van der Waals surface area contributed by atoms with E-state index in [0.29, 0.717) is 20.6 Å². The Bertz CT molecular complexity index is 837. The maximum absolute atomic E-state index is 13.3. The van der Waals surface area contributed by atoms with Crippen LogP contribution in [-0.4, -0.2) is 35.7 Å². The van der Waals surface area contributed by atoms with Crippen molar-refractivity contribution in [3.8, 4) is 0 Å². The van der Waals surface area contributed by atoms with Crippen LogP contribution in [0, 0.1) is 0 Å². The molecule has 3 aromatic rings. The molecule has 26 heavy (non-hydrogen) atoms. The van der Waals surface area contributed by atoms with Gasteiger partial charge in [0.25, 0.3) is 0 Å². The number of benzene rings is 3. The molecule has 0 radical (unpaired) electrons. The number of ketones is 1. The SMILES string of the molecule is O=C(c1c(Cl)cc(Cl)cc1Cl)C([Se]c1ccccc1)[Se]c1ccccc1. The molecule has 1 nitrogen and oxygen atoms in total. The summed E-state index contributed by atoms with van der Waals surface area (Å²) in [5.74, 6) is -0.00984. The van der Waals surface area contributed by atoms with Gasteiger partial charge in [0.1, 0.15) is 0 Å². The number of hydrogen-bond donors (Lipinski definition) is 0.